The maximum atomic E-state index is 12.0. The van der Waals surface area contributed by atoms with E-state index >= 15 is 0 Å². The predicted octanol–water partition coefficient (Wildman–Crippen LogP) is 3.10. The number of carbonyl (C=O) groups is 2. The van der Waals surface area contributed by atoms with Gasteiger partial charge in [-0.2, -0.15) is 0 Å². The van der Waals surface area contributed by atoms with Crippen molar-refractivity contribution in [3.63, 3.8) is 0 Å². The molecule has 1 aromatic heterocycles. The Morgan fingerprint density at radius 1 is 1.40 bits per heavy atom. The Morgan fingerprint density at radius 3 is 2.85 bits per heavy atom. The van der Waals surface area contributed by atoms with Gasteiger partial charge in [-0.05, 0) is 31.5 Å². The van der Waals surface area contributed by atoms with Crippen LogP contribution in [0.15, 0.2) is 27.1 Å². The molecular formula is C14H14BrNO4. The van der Waals surface area contributed by atoms with Gasteiger partial charge >= 0.3 is 5.97 Å². The standard InChI is InChI=1S/C14H14BrNO4/c1-8-10-7-9(15)4-5-11(10)20-13(8)14(19)16-6-2-3-12(17)18/h4-5,7H,2-3,6H2,1H3,(H,16,19)(H,17,18). The van der Waals surface area contributed by atoms with Crippen LogP contribution in [0.1, 0.15) is 29.0 Å². The molecule has 2 aromatic rings. The molecule has 0 radical (unpaired) electrons. The third-order valence-electron chi connectivity index (χ3n) is 2.96. The average Bonchev–Trinajstić information content (AvgIpc) is 2.72. The second-order valence-corrected chi connectivity index (χ2v) is 5.37. The highest BCUT2D eigenvalue weighted by atomic mass is 79.9. The topological polar surface area (TPSA) is 79.5 Å². The van der Waals surface area contributed by atoms with Crippen LogP contribution in [0.2, 0.25) is 0 Å². The summed E-state index contributed by atoms with van der Waals surface area (Å²) in [4.78, 5) is 22.4. The van der Waals surface area contributed by atoms with Crippen LogP contribution < -0.4 is 5.32 Å². The lowest BCUT2D eigenvalue weighted by molar-refractivity contribution is -0.137. The highest BCUT2D eigenvalue weighted by Crippen LogP contribution is 2.27. The molecule has 1 heterocycles. The Labute approximate surface area is 124 Å². The van der Waals surface area contributed by atoms with Crippen molar-refractivity contribution in [2.24, 2.45) is 0 Å². The number of hydrogen-bond donors (Lipinski definition) is 2. The summed E-state index contributed by atoms with van der Waals surface area (Å²) in [7, 11) is 0. The summed E-state index contributed by atoms with van der Waals surface area (Å²) in [6.07, 6.45) is 0.429. The second-order valence-electron chi connectivity index (χ2n) is 4.45. The predicted molar refractivity (Wildman–Crippen MR) is 77.9 cm³/mol. The maximum absolute atomic E-state index is 12.0. The average molecular weight is 340 g/mol. The molecule has 0 fully saturated rings. The first-order chi connectivity index (χ1) is 9.49. The smallest absolute Gasteiger partial charge is 0.303 e. The SMILES string of the molecule is Cc1c(C(=O)NCCCC(=O)O)oc2ccc(Br)cc12. The van der Waals surface area contributed by atoms with Crippen LogP contribution in [0.25, 0.3) is 11.0 Å². The van der Waals surface area contributed by atoms with Crippen LogP contribution in [-0.2, 0) is 4.79 Å². The normalized spacial score (nSPS) is 10.7. The molecule has 0 saturated carbocycles. The van der Waals surface area contributed by atoms with Crippen molar-refractivity contribution in [1.29, 1.82) is 0 Å². The minimum Gasteiger partial charge on any atom is -0.481 e. The number of carbonyl (C=O) groups excluding carboxylic acids is 1. The van der Waals surface area contributed by atoms with Crippen molar-refractivity contribution in [2.75, 3.05) is 6.54 Å². The van der Waals surface area contributed by atoms with Crippen LogP contribution >= 0.6 is 15.9 Å². The zero-order valence-electron chi connectivity index (χ0n) is 10.9. The number of aryl methyl sites for hydroxylation is 1. The van der Waals surface area contributed by atoms with E-state index in [0.717, 1.165) is 15.4 Å². The van der Waals surface area contributed by atoms with Gasteiger partial charge in [-0.1, -0.05) is 15.9 Å². The quantitative estimate of drug-likeness (QED) is 0.820. The molecule has 0 spiro atoms. The van der Waals surface area contributed by atoms with Gasteiger partial charge in [0.15, 0.2) is 5.76 Å². The van der Waals surface area contributed by atoms with E-state index in [0.29, 0.717) is 18.5 Å². The van der Waals surface area contributed by atoms with E-state index in [1.807, 2.05) is 19.1 Å². The summed E-state index contributed by atoms with van der Waals surface area (Å²) in [5.41, 5.74) is 1.43. The molecule has 2 N–H and O–H groups in total. The van der Waals surface area contributed by atoms with Crippen LogP contribution in [0.5, 0.6) is 0 Å². The summed E-state index contributed by atoms with van der Waals surface area (Å²) in [6.45, 7) is 2.13. The van der Waals surface area contributed by atoms with E-state index in [4.69, 9.17) is 9.52 Å². The molecule has 0 bridgehead atoms. The maximum Gasteiger partial charge on any atom is 0.303 e. The minimum absolute atomic E-state index is 0.0341. The first-order valence-corrected chi connectivity index (χ1v) is 6.97. The summed E-state index contributed by atoms with van der Waals surface area (Å²) in [5.74, 6) is -0.919. The molecule has 2 rings (SSSR count). The molecule has 20 heavy (non-hydrogen) atoms. The number of furan rings is 1. The minimum atomic E-state index is -0.871. The summed E-state index contributed by atoms with van der Waals surface area (Å²) in [6, 6.07) is 5.54. The molecule has 0 aliphatic heterocycles. The fourth-order valence-corrected chi connectivity index (χ4v) is 2.29. The first-order valence-electron chi connectivity index (χ1n) is 6.17. The Hall–Kier alpha value is -1.82. The Balaban J connectivity index is 2.10. The van der Waals surface area contributed by atoms with Crippen LogP contribution in [0.3, 0.4) is 0 Å². The van der Waals surface area contributed by atoms with Crippen molar-refractivity contribution in [2.45, 2.75) is 19.8 Å². The van der Waals surface area contributed by atoms with Gasteiger partial charge in [-0.25, -0.2) is 0 Å². The van der Waals surface area contributed by atoms with Gasteiger partial charge in [0.25, 0.3) is 5.91 Å². The lowest BCUT2D eigenvalue weighted by atomic mass is 10.1. The number of rotatable bonds is 5. The number of carboxylic acids is 1. The number of aliphatic carboxylic acids is 1. The third-order valence-corrected chi connectivity index (χ3v) is 3.45. The number of benzene rings is 1. The van der Waals surface area contributed by atoms with Gasteiger partial charge in [0.2, 0.25) is 0 Å². The lowest BCUT2D eigenvalue weighted by Gasteiger charge is -2.02. The fraction of sp³-hybridized carbons (Fsp3) is 0.286. The van der Waals surface area contributed by atoms with E-state index in [1.54, 1.807) is 6.07 Å². The molecule has 1 aromatic carbocycles. The number of amides is 1. The van der Waals surface area contributed by atoms with Crippen molar-refractivity contribution >= 4 is 38.8 Å². The summed E-state index contributed by atoms with van der Waals surface area (Å²) < 4.78 is 6.46. The Morgan fingerprint density at radius 2 is 2.15 bits per heavy atom. The summed E-state index contributed by atoms with van der Waals surface area (Å²) in [5, 5.41) is 12.1. The van der Waals surface area contributed by atoms with E-state index < -0.39 is 5.97 Å². The van der Waals surface area contributed by atoms with Gasteiger partial charge < -0.3 is 14.8 Å². The summed E-state index contributed by atoms with van der Waals surface area (Å²) >= 11 is 3.38. The van der Waals surface area contributed by atoms with Gasteiger partial charge in [-0.15, -0.1) is 0 Å². The van der Waals surface area contributed by atoms with E-state index in [1.165, 1.54) is 0 Å². The van der Waals surface area contributed by atoms with E-state index in [9.17, 15) is 9.59 Å². The Kier molecular flexibility index (Phi) is 4.44. The van der Waals surface area contributed by atoms with Gasteiger partial charge in [0, 0.05) is 28.4 Å². The van der Waals surface area contributed by atoms with Crippen molar-refractivity contribution < 1.29 is 19.1 Å². The Bertz CT molecular complexity index is 662. The molecule has 0 saturated heterocycles. The number of nitrogens with one attached hydrogen (secondary N) is 1. The van der Waals surface area contributed by atoms with E-state index in [-0.39, 0.29) is 18.1 Å². The largest absolute Gasteiger partial charge is 0.481 e. The van der Waals surface area contributed by atoms with Gasteiger partial charge in [0.1, 0.15) is 5.58 Å². The zero-order valence-corrected chi connectivity index (χ0v) is 12.5. The fourth-order valence-electron chi connectivity index (χ4n) is 1.93. The molecule has 5 nitrogen and oxygen atoms in total. The van der Waals surface area contributed by atoms with Gasteiger partial charge in [-0.3, -0.25) is 9.59 Å². The molecule has 0 aliphatic carbocycles. The van der Waals surface area contributed by atoms with E-state index in [2.05, 4.69) is 21.2 Å². The zero-order chi connectivity index (χ0) is 14.7. The third kappa shape index (κ3) is 3.19. The molecule has 6 heteroatoms. The van der Waals surface area contributed by atoms with Crippen LogP contribution in [-0.4, -0.2) is 23.5 Å². The first kappa shape index (κ1) is 14.6. The van der Waals surface area contributed by atoms with Crippen molar-refractivity contribution in [3.8, 4) is 0 Å². The van der Waals surface area contributed by atoms with Crippen LogP contribution in [0.4, 0.5) is 0 Å². The van der Waals surface area contributed by atoms with Crippen molar-refractivity contribution in [3.05, 3.63) is 34.0 Å². The lowest BCUT2D eigenvalue weighted by Crippen LogP contribution is -2.25. The highest BCUT2D eigenvalue weighted by Gasteiger charge is 2.17. The molecule has 0 unspecified atom stereocenters. The van der Waals surface area contributed by atoms with Crippen LogP contribution in [0, 0.1) is 6.92 Å². The second kappa shape index (κ2) is 6.09. The highest BCUT2D eigenvalue weighted by molar-refractivity contribution is 9.10. The molecule has 0 aliphatic rings. The molecular weight excluding hydrogens is 326 g/mol. The number of carboxylic acid groups (broad SMARTS) is 1. The number of fused-ring (bicyclic) bond motifs is 1. The monoisotopic (exact) mass is 339 g/mol. The molecule has 0 atom stereocenters. The van der Waals surface area contributed by atoms with Gasteiger partial charge in [0.05, 0.1) is 0 Å². The molecule has 1 amide bonds. The van der Waals surface area contributed by atoms with Crippen molar-refractivity contribution in [1.82, 2.24) is 5.32 Å². The number of halogens is 1. The molecule has 106 valence electrons. The number of hydrogen-bond acceptors (Lipinski definition) is 3.